The normalized spacial score (nSPS) is 10.8. The van der Waals surface area contributed by atoms with E-state index in [4.69, 9.17) is 0 Å². The molecule has 0 fully saturated rings. The molecule has 0 radical (unpaired) electrons. The van der Waals surface area contributed by atoms with Crippen molar-refractivity contribution in [2.75, 3.05) is 0 Å². The van der Waals surface area contributed by atoms with Crippen molar-refractivity contribution in [3.05, 3.63) is 109 Å². The van der Waals surface area contributed by atoms with Crippen molar-refractivity contribution in [3.8, 4) is 28.3 Å². The summed E-state index contributed by atoms with van der Waals surface area (Å²) in [4.78, 5) is 0. The first-order valence-corrected chi connectivity index (χ1v) is 9.36. The van der Waals surface area contributed by atoms with Gasteiger partial charge in [-0.15, -0.1) is 0 Å². The van der Waals surface area contributed by atoms with Crippen LogP contribution < -0.4 is 0 Å². The second kappa shape index (κ2) is 6.68. The van der Waals surface area contributed by atoms with Crippen molar-refractivity contribution in [2.45, 2.75) is 0 Å². The minimum Gasteiger partial charge on any atom is -0.192 e. The average molecular weight is 355 g/mol. The molecule has 28 heavy (non-hydrogen) atoms. The van der Waals surface area contributed by atoms with Crippen LogP contribution in [0.5, 0.6) is 0 Å². The van der Waals surface area contributed by atoms with Gasteiger partial charge in [-0.2, -0.15) is 5.26 Å². The maximum absolute atomic E-state index is 10.1. The third-order valence-corrected chi connectivity index (χ3v) is 5.34. The van der Waals surface area contributed by atoms with Crippen molar-refractivity contribution >= 4 is 21.5 Å². The first kappa shape index (κ1) is 16.3. The fourth-order valence-electron chi connectivity index (χ4n) is 4.04. The Labute approximate surface area is 164 Å². The van der Waals surface area contributed by atoms with E-state index in [1.54, 1.807) is 0 Å². The quantitative estimate of drug-likeness (QED) is 0.328. The topological polar surface area (TPSA) is 23.8 Å². The molecule has 0 amide bonds. The van der Waals surface area contributed by atoms with Crippen LogP contribution in [0.4, 0.5) is 0 Å². The minimum absolute atomic E-state index is 0.718. The Balaban J connectivity index is 1.82. The Morgan fingerprint density at radius 2 is 0.821 bits per heavy atom. The van der Waals surface area contributed by atoms with Crippen LogP contribution in [-0.4, -0.2) is 0 Å². The van der Waals surface area contributed by atoms with Crippen LogP contribution in [0.1, 0.15) is 5.56 Å². The number of rotatable bonds is 2. The molecule has 0 aliphatic carbocycles. The van der Waals surface area contributed by atoms with E-state index >= 15 is 0 Å². The fourth-order valence-corrected chi connectivity index (χ4v) is 4.04. The van der Waals surface area contributed by atoms with Gasteiger partial charge < -0.3 is 0 Å². The third-order valence-electron chi connectivity index (χ3n) is 5.34. The molecule has 0 aliphatic heterocycles. The Morgan fingerprint density at radius 3 is 1.32 bits per heavy atom. The van der Waals surface area contributed by atoms with Gasteiger partial charge in [-0.3, -0.25) is 0 Å². The zero-order valence-corrected chi connectivity index (χ0v) is 15.3. The highest BCUT2D eigenvalue weighted by Crippen LogP contribution is 2.37. The van der Waals surface area contributed by atoms with Gasteiger partial charge in [0.2, 0.25) is 0 Å². The van der Waals surface area contributed by atoms with Crippen molar-refractivity contribution < 1.29 is 0 Å². The lowest BCUT2D eigenvalue weighted by molar-refractivity contribution is 1.48. The number of hydrogen-bond acceptors (Lipinski definition) is 1. The molecule has 0 N–H and O–H groups in total. The number of fused-ring (bicyclic) bond motifs is 2. The van der Waals surface area contributed by atoms with Gasteiger partial charge in [0.05, 0.1) is 5.56 Å². The molecule has 130 valence electrons. The zero-order chi connectivity index (χ0) is 18.9. The summed E-state index contributed by atoms with van der Waals surface area (Å²) < 4.78 is 0. The molecule has 0 aromatic heterocycles. The molecule has 0 saturated carbocycles. The van der Waals surface area contributed by atoms with E-state index in [1.807, 2.05) is 24.3 Å². The molecule has 5 aromatic rings. The van der Waals surface area contributed by atoms with Crippen molar-refractivity contribution in [1.29, 1.82) is 5.26 Å². The Morgan fingerprint density at radius 1 is 0.429 bits per heavy atom. The van der Waals surface area contributed by atoms with Crippen molar-refractivity contribution in [2.24, 2.45) is 0 Å². The number of benzene rings is 5. The second-order valence-electron chi connectivity index (χ2n) is 6.89. The Kier molecular flexibility index (Phi) is 3.89. The van der Waals surface area contributed by atoms with Crippen LogP contribution in [0.25, 0.3) is 43.8 Å². The summed E-state index contributed by atoms with van der Waals surface area (Å²) in [6.07, 6.45) is 0. The molecular weight excluding hydrogens is 338 g/mol. The summed E-state index contributed by atoms with van der Waals surface area (Å²) in [5.41, 5.74) is 4.86. The molecule has 1 nitrogen and oxygen atoms in total. The molecule has 1 heteroatoms. The summed E-state index contributed by atoms with van der Waals surface area (Å²) >= 11 is 0. The van der Waals surface area contributed by atoms with E-state index in [0.29, 0.717) is 0 Å². The third kappa shape index (κ3) is 2.55. The molecule has 0 saturated heterocycles. The molecule has 0 unspecified atom stereocenters. The van der Waals surface area contributed by atoms with Gasteiger partial charge in [-0.1, -0.05) is 103 Å². The van der Waals surface area contributed by atoms with Gasteiger partial charge in [-0.05, 0) is 32.7 Å². The SMILES string of the molecule is N#Cc1c(-c2cccc3ccccc23)cccc1-c1cccc2ccccc12. The largest absolute Gasteiger partial charge is 0.192 e. The number of nitrogens with zero attached hydrogens (tertiary/aromatic N) is 1. The van der Waals surface area contributed by atoms with Crippen LogP contribution >= 0.6 is 0 Å². The molecule has 0 atom stereocenters. The van der Waals surface area contributed by atoms with Crippen LogP contribution in [-0.2, 0) is 0 Å². The standard InChI is InChI=1S/C27H17N/c28-18-27-25(23-14-5-10-19-8-1-3-12-21(19)23)16-7-17-26(27)24-15-6-11-20-9-2-4-13-22(20)24/h1-17H. The van der Waals surface area contributed by atoms with Crippen LogP contribution in [0.15, 0.2) is 103 Å². The molecular formula is C27H17N. The molecule has 0 aliphatic rings. The van der Waals surface area contributed by atoms with Crippen LogP contribution in [0.3, 0.4) is 0 Å². The first-order chi connectivity index (χ1) is 13.9. The van der Waals surface area contributed by atoms with Gasteiger partial charge in [0.15, 0.2) is 0 Å². The van der Waals surface area contributed by atoms with E-state index in [-0.39, 0.29) is 0 Å². The molecule has 0 heterocycles. The molecule has 0 spiro atoms. The van der Waals surface area contributed by atoms with Gasteiger partial charge in [-0.25, -0.2) is 0 Å². The smallest absolute Gasteiger partial charge is 0.100 e. The second-order valence-corrected chi connectivity index (χ2v) is 6.89. The predicted molar refractivity (Wildman–Crippen MR) is 117 cm³/mol. The summed E-state index contributed by atoms with van der Waals surface area (Å²) in [6, 6.07) is 37.8. The lowest BCUT2D eigenvalue weighted by Gasteiger charge is -2.14. The van der Waals surface area contributed by atoms with Gasteiger partial charge in [0, 0.05) is 11.1 Å². The van der Waals surface area contributed by atoms with E-state index in [1.165, 1.54) is 10.8 Å². The van der Waals surface area contributed by atoms with Gasteiger partial charge >= 0.3 is 0 Å². The van der Waals surface area contributed by atoms with Gasteiger partial charge in [0.1, 0.15) is 6.07 Å². The van der Waals surface area contributed by atoms with Crippen LogP contribution in [0, 0.1) is 11.3 Å². The van der Waals surface area contributed by atoms with Crippen molar-refractivity contribution in [1.82, 2.24) is 0 Å². The van der Waals surface area contributed by atoms with E-state index in [0.717, 1.165) is 38.6 Å². The lowest BCUT2D eigenvalue weighted by Crippen LogP contribution is -1.91. The predicted octanol–water partition coefficient (Wildman–Crippen LogP) is 7.20. The Bertz CT molecular complexity index is 1260. The van der Waals surface area contributed by atoms with E-state index in [2.05, 4.69) is 84.9 Å². The highest BCUT2D eigenvalue weighted by molar-refractivity contribution is 6.02. The molecule has 5 aromatic carbocycles. The minimum atomic E-state index is 0.718. The highest BCUT2D eigenvalue weighted by atomic mass is 14.3. The number of nitriles is 1. The highest BCUT2D eigenvalue weighted by Gasteiger charge is 2.14. The summed E-state index contributed by atoms with van der Waals surface area (Å²) in [5.74, 6) is 0. The first-order valence-electron chi connectivity index (χ1n) is 9.36. The zero-order valence-electron chi connectivity index (χ0n) is 15.3. The maximum Gasteiger partial charge on any atom is 0.100 e. The Hall–Kier alpha value is -3.89. The molecule has 0 bridgehead atoms. The van der Waals surface area contributed by atoms with Crippen molar-refractivity contribution in [3.63, 3.8) is 0 Å². The van der Waals surface area contributed by atoms with E-state index < -0.39 is 0 Å². The number of hydrogen-bond donors (Lipinski definition) is 0. The van der Waals surface area contributed by atoms with Crippen LogP contribution in [0.2, 0.25) is 0 Å². The monoisotopic (exact) mass is 355 g/mol. The van der Waals surface area contributed by atoms with Gasteiger partial charge in [0.25, 0.3) is 0 Å². The average Bonchev–Trinajstić information content (AvgIpc) is 2.77. The van der Waals surface area contributed by atoms with E-state index in [9.17, 15) is 5.26 Å². The maximum atomic E-state index is 10.1. The summed E-state index contributed by atoms with van der Waals surface area (Å²) in [7, 11) is 0. The molecule has 5 rings (SSSR count). The lowest BCUT2D eigenvalue weighted by atomic mass is 9.88. The summed E-state index contributed by atoms with van der Waals surface area (Å²) in [6.45, 7) is 0. The summed E-state index contributed by atoms with van der Waals surface area (Å²) in [5, 5.41) is 14.8. The fraction of sp³-hybridized carbons (Fsp3) is 0.